The first-order chi connectivity index (χ1) is 10.1. The molecule has 1 aromatic heterocycles. The number of rotatable bonds is 6. The van der Waals surface area contributed by atoms with Gasteiger partial charge in [0, 0.05) is 19.2 Å². The topological polar surface area (TPSA) is 41.1 Å². The largest absolute Gasteiger partial charge is 0.369 e. The first kappa shape index (κ1) is 15.2. The Morgan fingerprint density at radius 1 is 1.29 bits per heavy atom. The molecule has 1 unspecified atom stereocenters. The highest BCUT2D eigenvalue weighted by molar-refractivity contribution is 5.45. The number of anilines is 2. The van der Waals surface area contributed by atoms with Crippen molar-refractivity contribution < 1.29 is 4.39 Å². The molecular formula is C16H21FN4. The quantitative estimate of drug-likeness (QED) is 0.881. The monoisotopic (exact) mass is 288 g/mol. The van der Waals surface area contributed by atoms with Gasteiger partial charge in [-0.15, -0.1) is 0 Å². The molecule has 0 bridgehead atoms. The molecular weight excluding hydrogens is 267 g/mol. The molecule has 1 atom stereocenters. The van der Waals surface area contributed by atoms with Crippen LogP contribution in [0.25, 0.3) is 0 Å². The Morgan fingerprint density at radius 3 is 2.76 bits per heavy atom. The molecule has 1 aromatic carbocycles. The van der Waals surface area contributed by atoms with E-state index in [0.29, 0.717) is 11.4 Å². The molecule has 2 rings (SSSR count). The molecule has 0 aliphatic heterocycles. The van der Waals surface area contributed by atoms with Gasteiger partial charge >= 0.3 is 0 Å². The smallest absolute Gasteiger partial charge is 0.149 e. The predicted molar refractivity (Wildman–Crippen MR) is 84.0 cm³/mol. The van der Waals surface area contributed by atoms with Gasteiger partial charge in [-0.1, -0.05) is 25.1 Å². The van der Waals surface area contributed by atoms with Crippen LogP contribution < -0.4 is 10.2 Å². The van der Waals surface area contributed by atoms with Crippen LogP contribution in [0, 0.1) is 5.82 Å². The summed E-state index contributed by atoms with van der Waals surface area (Å²) in [5, 5.41) is 3.21. The van der Waals surface area contributed by atoms with E-state index in [1.165, 1.54) is 6.07 Å². The number of hydrogen-bond acceptors (Lipinski definition) is 4. The Balaban J connectivity index is 2.19. The van der Waals surface area contributed by atoms with Crippen LogP contribution in [-0.2, 0) is 0 Å². The molecule has 0 radical (unpaired) electrons. The van der Waals surface area contributed by atoms with Crippen LogP contribution in [0.2, 0.25) is 0 Å². The van der Waals surface area contributed by atoms with E-state index in [0.717, 1.165) is 18.8 Å². The number of benzene rings is 1. The summed E-state index contributed by atoms with van der Waals surface area (Å²) in [4.78, 5) is 10.6. The lowest BCUT2D eigenvalue weighted by atomic mass is 10.1. The fraction of sp³-hybridized carbons (Fsp3) is 0.375. The third kappa shape index (κ3) is 3.68. The average molecular weight is 288 g/mol. The number of hydrogen-bond donors (Lipinski definition) is 1. The van der Waals surface area contributed by atoms with Crippen molar-refractivity contribution in [2.45, 2.75) is 26.3 Å². The number of halogens is 1. The fourth-order valence-corrected chi connectivity index (χ4v) is 2.08. The van der Waals surface area contributed by atoms with E-state index in [-0.39, 0.29) is 11.9 Å². The Labute approximate surface area is 125 Å². The van der Waals surface area contributed by atoms with Gasteiger partial charge in [-0.05, 0) is 19.4 Å². The zero-order valence-corrected chi connectivity index (χ0v) is 12.7. The minimum atomic E-state index is -0.204. The van der Waals surface area contributed by atoms with Crippen molar-refractivity contribution >= 4 is 11.6 Å². The summed E-state index contributed by atoms with van der Waals surface area (Å²) >= 11 is 0. The van der Waals surface area contributed by atoms with E-state index < -0.39 is 0 Å². The zero-order valence-electron chi connectivity index (χ0n) is 12.7. The van der Waals surface area contributed by atoms with Crippen molar-refractivity contribution in [3.8, 4) is 0 Å². The Bertz CT molecular complexity index is 588. The van der Waals surface area contributed by atoms with Crippen molar-refractivity contribution in [1.29, 1.82) is 0 Å². The molecule has 0 aliphatic rings. The van der Waals surface area contributed by atoms with Gasteiger partial charge in [-0.2, -0.15) is 0 Å². The Hall–Kier alpha value is -2.17. The second kappa shape index (κ2) is 7.02. The van der Waals surface area contributed by atoms with Gasteiger partial charge in [-0.3, -0.25) is 4.98 Å². The van der Waals surface area contributed by atoms with Crippen molar-refractivity contribution in [2.75, 3.05) is 23.8 Å². The van der Waals surface area contributed by atoms with Crippen LogP contribution in [-0.4, -0.2) is 23.6 Å². The van der Waals surface area contributed by atoms with Gasteiger partial charge in [0.2, 0.25) is 0 Å². The molecule has 0 amide bonds. The summed E-state index contributed by atoms with van der Waals surface area (Å²) in [7, 11) is 1.89. The molecule has 0 fully saturated rings. The minimum absolute atomic E-state index is 0.123. The third-order valence-electron chi connectivity index (χ3n) is 3.48. The fourth-order valence-electron chi connectivity index (χ4n) is 2.08. The first-order valence-electron chi connectivity index (χ1n) is 7.16. The molecule has 0 aliphatic carbocycles. The highest BCUT2D eigenvalue weighted by Crippen LogP contribution is 2.25. The maximum atomic E-state index is 13.9. The average Bonchev–Trinajstić information content (AvgIpc) is 2.52. The highest BCUT2D eigenvalue weighted by Gasteiger charge is 2.17. The van der Waals surface area contributed by atoms with Gasteiger partial charge in [0.15, 0.2) is 0 Å². The summed E-state index contributed by atoms with van der Waals surface area (Å²) < 4.78 is 13.9. The van der Waals surface area contributed by atoms with Gasteiger partial charge in [-0.25, -0.2) is 9.37 Å². The number of nitrogens with one attached hydrogen (secondary N) is 1. The standard InChI is InChI=1S/C16H21FN4/c1-4-9-19-15-10-18-11-16(20-15)21(3)12(2)13-7-5-6-8-14(13)17/h5-8,10-12H,4,9H2,1-3H3,(H,19,20). The summed E-state index contributed by atoms with van der Waals surface area (Å²) in [6, 6.07) is 6.68. The summed E-state index contributed by atoms with van der Waals surface area (Å²) in [5.74, 6) is 1.25. The maximum absolute atomic E-state index is 13.9. The zero-order chi connectivity index (χ0) is 15.2. The lowest BCUT2D eigenvalue weighted by Gasteiger charge is -2.26. The summed E-state index contributed by atoms with van der Waals surface area (Å²) in [6.45, 7) is 4.90. The number of nitrogens with zero attached hydrogens (tertiary/aromatic N) is 3. The van der Waals surface area contributed by atoms with E-state index >= 15 is 0 Å². The minimum Gasteiger partial charge on any atom is -0.369 e. The van der Waals surface area contributed by atoms with E-state index in [4.69, 9.17) is 0 Å². The van der Waals surface area contributed by atoms with Crippen LogP contribution >= 0.6 is 0 Å². The molecule has 2 aromatic rings. The van der Waals surface area contributed by atoms with E-state index in [1.54, 1.807) is 24.5 Å². The molecule has 5 heteroatoms. The van der Waals surface area contributed by atoms with Gasteiger partial charge in [0.25, 0.3) is 0 Å². The summed E-state index contributed by atoms with van der Waals surface area (Å²) in [6.07, 6.45) is 4.41. The lowest BCUT2D eigenvalue weighted by Crippen LogP contribution is -2.24. The second-order valence-corrected chi connectivity index (χ2v) is 5.00. The normalized spacial score (nSPS) is 12.0. The number of aromatic nitrogens is 2. The van der Waals surface area contributed by atoms with E-state index in [2.05, 4.69) is 22.2 Å². The van der Waals surface area contributed by atoms with Crippen LogP contribution in [0.4, 0.5) is 16.0 Å². The maximum Gasteiger partial charge on any atom is 0.149 e. The van der Waals surface area contributed by atoms with Gasteiger partial charge in [0.1, 0.15) is 17.5 Å². The first-order valence-corrected chi connectivity index (χ1v) is 7.16. The Kier molecular flexibility index (Phi) is 5.09. The van der Waals surface area contributed by atoms with Crippen LogP contribution in [0.1, 0.15) is 31.9 Å². The SMILES string of the molecule is CCCNc1cncc(N(C)C(C)c2ccccc2F)n1. The van der Waals surface area contributed by atoms with Crippen molar-refractivity contribution in [1.82, 2.24) is 9.97 Å². The van der Waals surface area contributed by atoms with Crippen LogP contribution in [0.15, 0.2) is 36.7 Å². The third-order valence-corrected chi connectivity index (χ3v) is 3.48. The molecule has 1 heterocycles. The Morgan fingerprint density at radius 2 is 2.05 bits per heavy atom. The molecule has 0 saturated carbocycles. The molecule has 4 nitrogen and oxygen atoms in total. The van der Waals surface area contributed by atoms with Crippen LogP contribution in [0.3, 0.4) is 0 Å². The van der Waals surface area contributed by atoms with Gasteiger partial charge in [0.05, 0.1) is 18.4 Å². The molecule has 0 saturated heterocycles. The van der Waals surface area contributed by atoms with Crippen LogP contribution in [0.5, 0.6) is 0 Å². The van der Waals surface area contributed by atoms with E-state index in [9.17, 15) is 4.39 Å². The second-order valence-electron chi connectivity index (χ2n) is 5.00. The summed E-state index contributed by atoms with van der Waals surface area (Å²) in [5.41, 5.74) is 0.647. The van der Waals surface area contributed by atoms with Crippen molar-refractivity contribution in [2.24, 2.45) is 0 Å². The van der Waals surface area contributed by atoms with Crippen molar-refractivity contribution in [3.63, 3.8) is 0 Å². The highest BCUT2D eigenvalue weighted by atomic mass is 19.1. The molecule has 112 valence electrons. The predicted octanol–water partition coefficient (Wildman–Crippen LogP) is 3.64. The van der Waals surface area contributed by atoms with E-state index in [1.807, 2.05) is 24.9 Å². The molecule has 0 spiro atoms. The van der Waals surface area contributed by atoms with Crippen molar-refractivity contribution in [3.05, 3.63) is 48.0 Å². The molecule has 21 heavy (non-hydrogen) atoms. The lowest BCUT2D eigenvalue weighted by molar-refractivity contribution is 0.584. The van der Waals surface area contributed by atoms with Gasteiger partial charge < -0.3 is 10.2 Å². The molecule has 1 N–H and O–H groups in total.